The molecule has 3 aromatic heterocycles. The molecule has 1 saturated heterocycles. The van der Waals surface area contributed by atoms with Gasteiger partial charge in [0.1, 0.15) is 30.1 Å². The fraction of sp³-hybridized carbons (Fsp3) is 0.368. The molecule has 0 saturated carbocycles. The molecule has 0 radical (unpaired) electrons. The smallest absolute Gasteiger partial charge is 0.404 e. The zero-order chi connectivity index (χ0) is 23.7. The second-order valence-electron chi connectivity index (χ2n) is 7.50. The largest absolute Gasteiger partial charge is 0.473 e. The number of alkyl halides is 1. The van der Waals surface area contributed by atoms with Gasteiger partial charge in [-0.05, 0) is 19.1 Å². The number of rotatable bonds is 7. The monoisotopic (exact) mass is 463 g/mol. The van der Waals surface area contributed by atoms with Gasteiger partial charge in [-0.15, -0.1) is 0 Å². The number of halogens is 2. The topological polar surface area (TPSA) is 148 Å². The molecule has 1 aliphatic heterocycles. The maximum atomic E-state index is 14.5. The van der Waals surface area contributed by atoms with Gasteiger partial charge in [-0.1, -0.05) is 0 Å². The first-order valence-electron chi connectivity index (χ1n) is 9.91. The number of carbonyl (C=O) groups is 1. The molecule has 3 atom stereocenters. The minimum atomic E-state index is -1.28. The predicted octanol–water partition coefficient (Wildman–Crippen LogP) is 2.50. The molecule has 33 heavy (non-hydrogen) atoms. The summed E-state index contributed by atoms with van der Waals surface area (Å²) in [6.07, 6.45) is 0.317. The number of nitrogens with zero attached hydrogens (tertiary/aromatic N) is 6. The maximum absolute atomic E-state index is 14.5. The number of amides is 1. The Morgan fingerprint density at radius 2 is 2.27 bits per heavy atom. The van der Waals surface area contributed by atoms with Crippen molar-refractivity contribution in [2.24, 2.45) is 0 Å². The molecular weight excluding hydrogens is 444 g/mol. The van der Waals surface area contributed by atoms with Crippen LogP contribution in [0.1, 0.15) is 24.9 Å². The highest BCUT2D eigenvalue weighted by Gasteiger charge is 2.37. The quantitative estimate of drug-likeness (QED) is 0.398. The van der Waals surface area contributed by atoms with Gasteiger partial charge in [0, 0.05) is 18.2 Å². The van der Waals surface area contributed by atoms with E-state index in [4.69, 9.17) is 9.84 Å². The first-order chi connectivity index (χ1) is 15.7. The highest BCUT2D eigenvalue weighted by molar-refractivity contribution is 5.64. The summed E-state index contributed by atoms with van der Waals surface area (Å²) in [6, 6.07) is 1.98. The van der Waals surface area contributed by atoms with Gasteiger partial charge in [-0.25, -0.2) is 28.1 Å². The van der Waals surface area contributed by atoms with Crippen molar-refractivity contribution in [2.75, 3.05) is 18.0 Å². The van der Waals surface area contributed by atoms with Crippen LogP contribution in [-0.2, 0) is 0 Å². The number of nitrogens with one attached hydrogen (secondary N) is 1. The number of aromatic nitrogens is 4. The van der Waals surface area contributed by atoms with E-state index in [0.717, 1.165) is 12.4 Å². The van der Waals surface area contributed by atoms with Gasteiger partial charge in [0.2, 0.25) is 11.5 Å². The van der Waals surface area contributed by atoms with Crippen LogP contribution in [0.2, 0.25) is 0 Å². The van der Waals surface area contributed by atoms with Crippen LogP contribution < -0.4 is 15.0 Å². The van der Waals surface area contributed by atoms with E-state index in [1.807, 2.05) is 0 Å². The number of anilines is 1. The SMILES string of the molecule is CC(CNC(=O)O)Oc1ncc(F)cc1[C@H]1C[C@H](F)CN1c1ccn2ncc([N+](=O)[O-])c2n1. The van der Waals surface area contributed by atoms with Crippen LogP contribution in [0.5, 0.6) is 5.88 Å². The highest BCUT2D eigenvalue weighted by atomic mass is 19.1. The fourth-order valence-electron chi connectivity index (χ4n) is 3.71. The third kappa shape index (κ3) is 4.58. The normalized spacial score (nSPS) is 18.9. The minimum absolute atomic E-state index is 0.0132. The molecule has 3 aromatic rings. The third-order valence-electron chi connectivity index (χ3n) is 5.13. The van der Waals surface area contributed by atoms with E-state index in [1.165, 1.54) is 22.8 Å². The molecule has 0 spiro atoms. The lowest BCUT2D eigenvalue weighted by molar-refractivity contribution is -0.383. The van der Waals surface area contributed by atoms with E-state index < -0.39 is 35.2 Å². The second-order valence-corrected chi connectivity index (χ2v) is 7.50. The van der Waals surface area contributed by atoms with Crippen molar-refractivity contribution in [3.8, 4) is 5.88 Å². The second kappa shape index (κ2) is 8.80. The van der Waals surface area contributed by atoms with Gasteiger partial charge in [0.25, 0.3) is 0 Å². The lowest BCUT2D eigenvalue weighted by atomic mass is 10.1. The first kappa shape index (κ1) is 22.1. The number of ether oxygens (including phenoxy) is 1. The van der Waals surface area contributed by atoms with Crippen molar-refractivity contribution in [2.45, 2.75) is 31.7 Å². The zero-order valence-corrected chi connectivity index (χ0v) is 17.3. The van der Waals surface area contributed by atoms with Crippen LogP contribution in [0, 0.1) is 15.9 Å². The predicted molar refractivity (Wildman–Crippen MR) is 110 cm³/mol. The third-order valence-corrected chi connectivity index (χ3v) is 5.13. The standard InChI is InChI=1S/C19H19F2N7O5/c1-10(6-23-19(29)30)33-18-13(4-11(20)7-22-18)14-5-12(21)9-26(14)16-2-3-27-17(25-16)15(8-24-27)28(31)32/h2-4,7-8,10,12,14,23H,5-6,9H2,1H3,(H,29,30)/t10?,12-,14+/m0/s1. The Hall–Kier alpha value is -4.10. The summed E-state index contributed by atoms with van der Waals surface area (Å²) in [5.41, 5.74) is -0.0663. The number of hydrogen-bond acceptors (Lipinski definition) is 8. The molecule has 1 unspecified atom stereocenters. The van der Waals surface area contributed by atoms with E-state index in [2.05, 4.69) is 20.4 Å². The van der Waals surface area contributed by atoms with Gasteiger partial charge in [-0.3, -0.25) is 10.1 Å². The molecule has 1 aliphatic rings. The fourth-order valence-corrected chi connectivity index (χ4v) is 3.71. The molecule has 0 aliphatic carbocycles. The van der Waals surface area contributed by atoms with E-state index >= 15 is 0 Å². The average molecular weight is 463 g/mol. The Labute approximate surface area is 185 Å². The van der Waals surface area contributed by atoms with E-state index in [-0.39, 0.29) is 48.1 Å². The Kier molecular flexibility index (Phi) is 5.89. The molecule has 2 N–H and O–H groups in total. The molecule has 1 amide bonds. The molecule has 14 heteroatoms. The van der Waals surface area contributed by atoms with Crippen molar-refractivity contribution < 1.29 is 28.3 Å². The minimum Gasteiger partial charge on any atom is -0.473 e. The summed E-state index contributed by atoms with van der Waals surface area (Å²) in [5.74, 6) is -0.394. The Bertz CT molecular complexity index is 1210. The van der Waals surface area contributed by atoms with Crippen LogP contribution in [0.15, 0.2) is 30.7 Å². The van der Waals surface area contributed by atoms with E-state index in [0.29, 0.717) is 0 Å². The van der Waals surface area contributed by atoms with Crippen molar-refractivity contribution in [1.29, 1.82) is 0 Å². The number of carboxylic acid groups (broad SMARTS) is 1. The Morgan fingerprint density at radius 1 is 1.48 bits per heavy atom. The molecule has 1 fully saturated rings. The van der Waals surface area contributed by atoms with Crippen LogP contribution in [0.4, 0.5) is 25.1 Å². The van der Waals surface area contributed by atoms with Gasteiger partial charge in [0.15, 0.2) is 0 Å². The molecule has 4 rings (SSSR count). The summed E-state index contributed by atoms with van der Waals surface area (Å²) >= 11 is 0. The lowest BCUT2D eigenvalue weighted by Crippen LogP contribution is -2.33. The van der Waals surface area contributed by atoms with Crippen LogP contribution >= 0.6 is 0 Å². The number of pyridine rings is 1. The summed E-state index contributed by atoms with van der Waals surface area (Å²) in [5, 5.41) is 26.1. The summed E-state index contributed by atoms with van der Waals surface area (Å²) in [6.45, 7) is 1.47. The summed E-state index contributed by atoms with van der Waals surface area (Å²) in [7, 11) is 0. The number of fused-ring (bicyclic) bond motifs is 1. The molecule has 12 nitrogen and oxygen atoms in total. The molecule has 174 valence electrons. The maximum Gasteiger partial charge on any atom is 0.404 e. The van der Waals surface area contributed by atoms with Crippen molar-refractivity contribution in [3.63, 3.8) is 0 Å². The van der Waals surface area contributed by atoms with E-state index in [1.54, 1.807) is 11.8 Å². The summed E-state index contributed by atoms with van der Waals surface area (Å²) < 4.78 is 35.6. The lowest BCUT2D eigenvalue weighted by Gasteiger charge is -2.27. The number of hydrogen-bond donors (Lipinski definition) is 2. The van der Waals surface area contributed by atoms with Crippen LogP contribution in [-0.4, -0.2) is 61.1 Å². The molecular formula is C19H19F2N7O5. The Morgan fingerprint density at radius 3 is 3.00 bits per heavy atom. The summed E-state index contributed by atoms with van der Waals surface area (Å²) in [4.78, 5) is 31.2. The van der Waals surface area contributed by atoms with Crippen LogP contribution in [0.3, 0.4) is 0 Å². The zero-order valence-electron chi connectivity index (χ0n) is 17.3. The Balaban J connectivity index is 1.69. The first-order valence-corrected chi connectivity index (χ1v) is 9.91. The highest BCUT2D eigenvalue weighted by Crippen LogP contribution is 2.40. The van der Waals surface area contributed by atoms with Crippen molar-refractivity contribution in [3.05, 3.63) is 52.2 Å². The molecule has 0 aromatic carbocycles. The van der Waals surface area contributed by atoms with Gasteiger partial charge in [-0.2, -0.15) is 5.10 Å². The van der Waals surface area contributed by atoms with E-state index in [9.17, 15) is 23.7 Å². The molecule has 4 heterocycles. The number of nitro groups is 1. The van der Waals surface area contributed by atoms with Gasteiger partial charge < -0.3 is 20.1 Å². The van der Waals surface area contributed by atoms with Gasteiger partial charge in [0.05, 0.1) is 30.3 Å². The van der Waals surface area contributed by atoms with Crippen molar-refractivity contribution >= 4 is 23.2 Å². The molecule has 0 bridgehead atoms. The van der Waals surface area contributed by atoms with Crippen LogP contribution in [0.25, 0.3) is 5.65 Å². The van der Waals surface area contributed by atoms with Crippen molar-refractivity contribution in [1.82, 2.24) is 24.9 Å². The van der Waals surface area contributed by atoms with Gasteiger partial charge >= 0.3 is 11.8 Å². The average Bonchev–Trinajstić information content (AvgIpc) is 3.36.